The number of carbonyl (C=O) groups excluding carboxylic acids is 1. The van der Waals surface area contributed by atoms with Crippen molar-refractivity contribution in [3.8, 4) is 11.5 Å². The fourth-order valence-corrected chi connectivity index (χ4v) is 6.14. The number of hydrogen-bond acceptors (Lipinski definition) is 6. The van der Waals surface area contributed by atoms with E-state index in [1.807, 2.05) is 20.8 Å². The molecule has 1 saturated carbocycles. The standard InChI is InChI=1S/C29H30F2N4O4S/c1-17-25(14-22(30)20(27(17)31)13-26(36)34-19-15-33-35(16-19)28(2,3)4)39-24-8-11-32-23-7-6-18(12-21(23)24)29(9-10-29)40(5,37)38/h6-8,11-12,14-16H,9-10,13H2,1-5H3,(H,34,36). The number of rotatable bonds is 7. The van der Waals surface area contributed by atoms with Gasteiger partial charge in [-0.15, -0.1) is 0 Å². The van der Waals surface area contributed by atoms with Gasteiger partial charge in [0.05, 0.1) is 34.1 Å². The molecule has 0 bridgehead atoms. The molecule has 1 aliphatic carbocycles. The van der Waals surface area contributed by atoms with Crippen molar-refractivity contribution in [3.05, 3.63) is 77.2 Å². The fraction of sp³-hybridized carbons (Fsp3) is 0.345. The lowest BCUT2D eigenvalue weighted by atomic mass is 10.0. The Balaban J connectivity index is 1.41. The van der Waals surface area contributed by atoms with Crippen LogP contribution >= 0.6 is 0 Å². The molecule has 2 aromatic heterocycles. The average Bonchev–Trinajstić information content (AvgIpc) is 3.57. The predicted molar refractivity (Wildman–Crippen MR) is 148 cm³/mol. The maximum Gasteiger partial charge on any atom is 0.229 e. The molecule has 2 heterocycles. The summed E-state index contributed by atoms with van der Waals surface area (Å²) < 4.78 is 62.1. The van der Waals surface area contributed by atoms with Crippen molar-refractivity contribution in [2.75, 3.05) is 11.6 Å². The van der Waals surface area contributed by atoms with Gasteiger partial charge in [-0.1, -0.05) is 6.07 Å². The number of nitrogens with zero attached hydrogens (tertiary/aromatic N) is 3. The molecule has 1 fully saturated rings. The SMILES string of the molecule is Cc1c(Oc2ccnc3ccc(C4(S(C)(=O)=O)CC4)cc23)cc(F)c(CC(=O)Nc2cnn(C(C)(C)C)c2)c1F. The van der Waals surface area contributed by atoms with Crippen LogP contribution in [0.1, 0.15) is 50.3 Å². The van der Waals surface area contributed by atoms with Gasteiger partial charge >= 0.3 is 0 Å². The summed E-state index contributed by atoms with van der Waals surface area (Å²) in [5.41, 5.74) is 0.960. The Bertz CT molecular complexity index is 1760. The second-order valence-corrected chi connectivity index (χ2v) is 13.6. The van der Waals surface area contributed by atoms with E-state index in [0.717, 1.165) is 6.07 Å². The smallest absolute Gasteiger partial charge is 0.229 e. The molecule has 2 aromatic carbocycles. The van der Waals surface area contributed by atoms with E-state index < -0.39 is 38.5 Å². The van der Waals surface area contributed by atoms with Crippen LogP contribution in [0.5, 0.6) is 11.5 Å². The minimum Gasteiger partial charge on any atom is -0.456 e. The van der Waals surface area contributed by atoms with Crippen molar-refractivity contribution in [2.45, 2.75) is 57.2 Å². The van der Waals surface area contributed by atoms with Gasteiger partial charge in [-0.3, -0.25) is 14.5 Å². The number of pyridine rings is 1. The zero-order valence-corrected chi connectivity index (χ0v) is 23.7. The number of halogens is 2. The highest BCUT2D eigenvalue weighted by Gasteiger charge is 2.53. The third-order valence-corrected chi connectivity index (χ3v) is 9.33. The Labute approximate surface area is 231 Å². The van der Waals surface area contributed by atoms with Crippen LogP contribution in [0.4, 0.5) is 14.5 Å². The topological polar surface area (TPSA) is 103 Å². The zero-order valence-electron chi connectivity index (χ0n) is 22.9. The fourth-order valence-electron chi connectivity index (χ4n) is 4.74. The van der Waals surface area contributed by atoms with E-state index in [2.05, 4.69) is 15.4 Å². The minimum atomic E-state index is -3.34. The molecule has 0 atom stereocenters. The lowest BCUT2D eigenvalue weighted by molar-refractivity contribution is -0.115. The Kier molecular flexibility index (Phi) is 6.68. The molecule has 0 unspecified atom stereocenters. The molecule has 4 aromatic rings. The summed E-state index contributed by atoms with van der Waals surface area (Å²) in [4.78, 5) is 16.9. The van der Waals surface area contributed by atoms with Crippen LogP contribution in [-0.4, -0.2) is 35.3 Å². The first-order chi connectivity index (χ1) is 18.7. The van der Waals surface area contributed by atoms with Crippen molar-refractivity contribution in [1.29, 1.82) is 0 Å². The van der Waals surface area contributed by atoms with Gasteiger partial charge in [0.2, 0.25) is 5.91 Å². The minimum absolute atomic E-state index is 0.0284. The Morgan fingerprint density at radius 1 is 1.15 bits per heavy atom. The Morgan fingerprint density at radius 2 is 1.88 bits per heavy atom. The molecule has 210 valence electrons. The van der Waals surface area contributed by atoms with Crippen LogP contribution in [0.2, 0.25) is 0 Å². The second kappa shape index (κ2) is 9.65. The van der Waals surface area contributed by atoms with Crippen LogP contribution in [0, 0.1) is 18.6 Å². The van der Waals surface area contributed by atoms with E-state index in [-0.39, 0.29) is 28.2 Å². The molecule has 1 aliphatic rings. The Morgan fingerprint density at radius 3 is 2.50 bits per heavy atom. The quantitative estimate of drug-likeness (QED) is 0.303. The number of sulfone groups is 1. The first-order valence-corrected chi connectivity index (χ1v) is 14.7. The molecule has 0 spiro atoms. The normalized spacial score (nSPS) is 14.8. The van der Waals surface area contributed by atoms with Gasteiger partial charge in [-0.05, 0) is 64.3 Å². The van der Waals surface area contributed by atoms with Crippen molar-refractivity contribution < 1.29 is 26.7 Å². The molecule has 1 N–H and O–H groups in total. The number of hydrogen-bond donors (Lipinski definition) is 1. The lowest BCUT2D eigenvalue weighted by Crippen LogP contribution is -2.22. The number of benzene rings is 2. The third-order valence-electron chi connectivity index (χ3n) is 7.26. The maximum atomic E-state index is 15.4. The number of amides is 1. The first kappa shape index (κ1) is 27.7. The van der Waals surface area contributed by atoms with Crippen LogP contribution in [0.3, 0.4) is 0 Å². The second-order valence-electron chi connectivity index (χ2n) is 11.3. The van der Waals surface area contributed by atoms with Crippen molar-refractivity contribution in [2.24, 2.45) is 0 Å². The van der Waals surface area contributed by atoms with Gasteiger partial charge in [0.15, 0.2) is 9.84 Å². The molecule has 5 rings (SSSR count). The van der Waals surface area contributed by atoms with Crippen LogP contribution in [0.25, 0.3) is 10.9 Å². The summed E-state index contributed by atoms with van der Waals surface area (Å²) >= 11 is 0. The molecule has 0 saturated heterocycles. The summed E-state index contributed by atoms with van der Waals surface area (Å²) in [7, 11) is -3.34. The van der Waals surface area contributed by atoms with E-state index in [0.29, 0.717) is 35.0 Å². The summed E-state index contributed by atoms with van der Waals surface area (Å²) in [6.45, 7) is 7.30. The number of fused-ring (bicyclic) bond motifs is 1. The van der Waals surface area contributed by atoms with Crippen LogP contribution < -0.4 is 10.1 Å². The van der Waals surface area contributed by atoms with Gasteiger partial charge < -0.3 is 10.1 Å². The first-order valence-electron chi connectivity index (χ1n) is 12.8. The van der Waals surface area contributed by atoms with E-state index in [9.17, 15) is 13.2 Å². The highest BCUT2D eigenvalue weighted by atomic mass is 32.2. The van der Waals surface area contributed by atoms with E-state index in [1.54, 1.807) is 35.1 Å². The number of nitrogens with one attached hydrogen (secondary N) is 1. The van der Waals surface area contributed by atoms with Crippen molar-refractivity contribution >= 4 is 32.3 Å². The van der Waals surface area contributed by atoms with Gasteiger partial charge in [-0.25, -0.2) is 17.2 Å². The largest absolute Gasteiger partial charge is 0.456 e. The Hall–Kier alpha value is -3.86. The van der Waals surface area contributed by atoms with E-state index in [4.69, 9.17) is 4.74 Å². The summed E-state index contributed by atoms with van der Waals surface area (Å²) in [6, 6.07) is 7.78. The van der Waals surface area contributed by atoms with E-state index in [1.165, 1.54) is 25.6 Å². The predicted octanol–water partition coefficient (Wildman–Crippen LogP) is 5.78. The molecular formula is C29H30F2N4O4S. The molecule has 40 heavy (non-hydrogen) atoms. The monoisotopic (exact) mass is 568 g/mol. The van der Waals surface area contributed by atoms with Crippen molar-refractivity contribution in [1.82, 2.24) is 14.8 Å². The zero-order chi connectivity index (χ0) is 29.0. The summed E-state index contributed by atoms with van der Waals surface area (Å²) in [5, 5.41) is 7.36. The number of carbonyl (C=O) groups is 1. The van der Waals surface area contributed by atoms with Gasteiger partial charge in [0, 0.05) is 41.2 Å². The number of anilines is 1. The van der Waals surface area contributed by atoms with E-state index >= 15 is 8.78 Å². The van der Waals surface area contributed by atoms with Crippen molar-refractivity contribution in [3.63, 3.8) is 0 Å². The summed E-state index contributed by atoms with van der Waals surface area (Å²) in [6.07, 6.45) is 6.38. The van der Waals surface area contributed by atoms with Crippen LogP contribution in [0.15, 0.2) is 48.9 Å². The lowest BCUT2D eigenvalue weighted by Gasteiger charge is -2.18. The van der Waals surface area contributed by atoms with Gasteiger partial charge in [-0.2, -0.15) is 5.10 Å². The average molecular weight is 569 g/mol. The molecule has 1 amide bonds. The highest BCUT2D eigenvalue weighted by molar-refractivity contribution is 7.92. The van der Waals surface area contributed by atoms with Gasteiger partial charge in [0.1, 0.15) is 23.1 Å². The third kappa shape index (κ3) is 5.05. The molecule has 0 aliphatic heterocycles. The molecule has 11 heteroatoms. The number of aromatic nitrogens is 3. The van der Waals surface area contributed by atoms with Gasteiger partial charge in [0.25, 0.3) is 0 Å². The summed E-state index contributed by atoms with van der Waals surface area (Å²) in [5.74, 6) is -2.19. The molecular weight excluding hydrogens is 538 g/mol. The highest BCUT2D eigenvalue weighted by Crippen LogP contribution is 2.53. The maximum absolute atomic E-state index is 15.4. The molecule has 8 nitrogen and oxygen atoms in total. The van der Waals surface area contributed by atoms with Crippen LogP contribution in [-0.2, 0) is 31.3 Å². The molecule has 0 radical (unpaired) electrons. The number of ether oxygens (including phenoxy) is 1.